The summed E-state index contributed by atoms with van der Waals surface area (Å²) in [7, 11) is 0. The van der Waals surface area contributed by atoms with E-state index in [9.17, 15) is 0 Å². The molecule has 1 atom stereocenters. The Morgan fingerprint density at radius 1 is 1.10 bits per heavy atom. The van der Waals surface area contributed by atoms with Crippen LogP contribution in [0, 0.1) is 12.8 Å². The van der Waals surface area contributed by atoms with Crippen molar-refractivity contribution < 1.29 is 0 Å². The van der Waals surface area contributed by atoms with Gasteiger partial charge in [-0.3, -0.25) is 0 Å². The molecule has 0 aliphatic rings. The van der Waals surface area contributed by atoms with Crippen molar-refractivity contribution in [1.82, 2.24) is 0 Å². The molecular formula is C21H32. The molecule has 0 N–H and O–H groups in total. The van der Waals surface area contributed by atoms with Crippen LogP contribution in [0.2, 0.25) is 0 Å². The predicted molar refractivity (Wildman–Crippen MR) is 95.8 cm³/mol. The van der Waals surface area contributed by atoms with Crippen LogP contribution >= 0.6 is 0 Å². The molecule has 1 aromatic rings. The van der Waals surface area contributed by atoms with E-state index >= 15 is 0 Å². The van der Waals surface area contributed by atoms with E-state index in [0.717, 1.165) is 12.8 Å². The summed E-state index contributed by atoms with van der Waals surface area (Å²) in [6, 6.07) is 8.96. The lowest BCUT2D eigenvalue weighted by Crippen LogP contribution is -1.94. The lowest BCUT2D eigenvalue weighted by atomic mass is 9.94. The zero-order valence-electron chi connectivity index (χ0n) is 14.6. The van der Waals surface area contributed by atoms with Crippen molar-refractivity contribution >= 4 is 0 Å². The normalized spacial score (nSPS) is 13.5. The SMILES string of the molecule is C=C(CC/C(C)=C/CC[C@H](C)c1ccc(C)cc1)C(C)C. The van der Waals surface area contributed by atoms with Crippen molar-refractivity contribution in [2.24, 2.45) is 5.92 Å². The molecule has 0 spiro atoms. The molecule has 0 fully saturated rings. The number of hydrogen-bond acceptors (Lipinski definition) is 0. The highest BCUT2D eigenvalue weighted by atomic mass is 14.1. The van der Waals surface area contributed by atoms with E-state index in [1.807, 2.05) is 0 Å². The molecule has 0 heterocycles. The molecule has 0 saturated carbocycles. The van der Waals surface area contributed by atoms with Gasteiger partial charge < -0.3 is 0 Å². The highest BCUT2D eigenvalue weighted by Gasteiger charge is 2.04. The van der Waals surface area contributed by atoms with E-state index in [-0.39, 0.29) is 0 Å². The Labute approximate surface area is 132 Å². The molecule has 0 unspecified atom stereocenters. The summed E-state index contributed by atoms with van der Waals surface area (Å²) in [5.74, 6) is 1.25. The van der Waals surface area contributed by atoms with Gasteiger partial charge in [-0.2, -0.15) is 0 Å². The van der Waals surface area contributed by atoms with Crippen molar-refractivity contribution in [3.05, 3.63) is 59.2 Å². The van der Waals surface area contributed by atoms with E-state index in [2.05, 4.69) is 71.5 Å². The van der Waals surface area contributed by atoms with Gasteiger partial charge >= 0.3 is 0 Å². The van der Waals surface area contributed by atoms with Crippen molar-refractivity contribution in [3.8, 4) is 0 Å². The Balaban J connectivity index is 2.35. The van der Waals surface area contributed by atoms with Crippen LogP contribution in [0.25, 0.3) is 0 Å². The van der Waals surface area contributed by atoms with E-state index in [1.54, 1.807) is 0 Å². The zero-order valence-corrected chi connectivity index (χ0v) is 14.6. The largest absolute Gasteiger partial charge is 0.0996 e. The lowest BCUT2D eigenvalue weighted by Gasteiger charge is -2.12. The third-order valence-electron chi connectivity index (χ3n) is 4.40. The van der Waals surface area contributed by atoms with Gasteiger partial charge in [-0.15, -0.1) is 0 Å². The number of benzene rings is 1. The molecule has 0 radical (unpaired) electrons. The van der Waals surface area contributed by atoms with Crippen LogP contribution in [0.4, 0.5) is 0 Å². The summed E-state index contributed by atoms with van der Waals surface area (Å²) < 4.78 is 0. The molecule has 21 heavy (non-hydrogen) atoms. The molecule has 0 heteroatoms. The van der Waals surface area contributed by atoms with Gasteiger partial charge in [0.05, 0.1) is 0 Å². The Morgan fingerprint density at radius 2 is 1.71 bits per heavy atom. The van der Waals surface area contributed by atoms with E-state index in [0.29, 0.717) is 11.8 Å². The average Bonchev–Trinajstić information content (AvgIpc) is 2.45. The maximum atomic E-state index is 4.15. The number of aryl methyl sites for hydroxylation is 1. The molecule has 0 nitrogen and oxygen atoms in total. The van der Waals surface area contributed by atoms with Gasteiger partial charge in [-0.25, -0.2) is 0 Å². The molecular weight excluding hydrogens is 252 g/mol. The number of allylic oxidation sites excluding steroid dienone is 3. The van der Waals surface area contributed by atoms with Crippen LogP contribution in [-0.4, -0.2) is 0 Å². The summed E-state index contributed by atoms with van der Waals surface area (Å²) in [5, 5.41) is 0. The van der Waals surface area contributed by atoms with Gasteiger partial charge in [0.1, 0.15) is 0 Å². The Bertz CT molecular complexity index is 459. The maximum absolute atomic E-state index is 4.15. The van der Waals surface area contributed by atoms with E-state index in [1.165, 1.54) is 35.1 Å². The monoisotopic (exact) mass is 284 g/mol. The molecule has 0 aliphatic heterocycles. The van der Waals surface area contributed by atoms with Crippen LogP contribution in [0.1, 0.15) is 70.4 Å². The lowest BCUT2D eigenvalue weighted by molar-refractivity contribution is 0.683. The number of rotatable bonds is 8. The highest BCUT2D eigenvalue weighted by Crippen LogP contribution is 2.22. The molecule has 1 rings (SSSR count). The molecule has 1 aromatic carbocycles. The van der Waals surface area contributed by atoms with Gasteiger partial charge in [0.25, 0.3) is 0 Å². The topological polar surface area (TPSA) is 0 Å². The molecule has 0 bridgehead atoms. The van der Waals surface area contributed by atoms with Crippen LogP contribution in [-0.2, 0) is 0 Å². The first-order chi connectivity index (χ1) is 9.90. The van der Waals surface area contributed by atoms with Crippen LogP contribution in [0.3, 0.4) is 0 Å². The van der Waals surface area contributed by atoms with Crippen molar-refractivity contribution in [1.29, 1.82) is 0 Å². The molecule has 0 amide bonds. The van der Waals surface area contributed by atoms with Crippen LogP contribution in [0.15, 0.2) is 48.1 Å². The standard InChI is InChI=1S/C21H32/c1-16(2)19(5)13-10-17(3)8-7-9-20(6)21-14-11-18(4)12-15-21/h8,11-12,14-16,20H,5,7,9-10,13H2,1-4,6H3/b17-8+/t20-/m0/s1. The highest BCUT2D eigenvalue weighted by molar-refractivity contribution is 5.24. The average molecular weight is 284 g/mol. The van der Waals surface area contributed by atoms with Crippen molar-refractivity contribution in [2.75, 3.05) is 0 Å². The van der Waals surface area contributed by atoms with E-state index in [4.69, 9.17) is 0 Å². The van der Waals surface area contributed by atoms with Gasteiger partial charge in [0, 0.05) is 0 Å². The smallest absolute Gasteiger partial charge is 0.0187 e. The minimum absolute atomic E-state index is 0.611. The Kier molecular flexibility index (Phi) is 7.50. The first-order valence-corrected chi connectivity index (χ1v) is 8.30. The quantitative estimate of drug-likeness (QED) is 0.459. The van der Waals surface area contributed by atoms with Crippen molar-refractivity contribution in [2.45, 2.75) is 66.2 Å². The van der Waals surface area contributed by atoms with Gasteiger partial charge in [0.15, 0.2) is 0 Å². The second-order valence-electron chi connectivity index (χ2n) is 6.75. The first kappa shape index (κ1) is 17.8. The maximum Gasteiger partial charge on any atom is -0.0187 e. The second-order valence-corrected chi connectivity index (χ2v) is 6.75. The van der Waals surface area contributed by atoms with Gasteiger partial charge in [-0.05, 0) is 56.9 Å². The Hall–Kier alpha value is -1.30. The summed E-state index contributed by atoms with van der Waals surface area (Å²) in [5.41, 5.74) is 5.68. The number of hydrogen-bond donors (Lipinski definition) is 0. The molecule has 0 aliphatic carbocycles. The predicted octanol–water partition coefficient (Wildman–Crippen LogP) is 6.82. The summed E-state index contributed by atoms with van der Waals surface area (Å²) >= 11 is 0. The van der Waals surface area contributed by atoms with Gasteiger partial charge in [0.2, 0.25) is 0 Å². The third-order valence-corrected chi connectivity index (χ3v) is 4.40. The first-order valence-electron chi connectivity index (χ1n) is 8.30. The molecule has 0 aromatic heterocycles. The summed E-state index contributed by atoms with van der Waals surface area (Å²) in [6.07, 6.45) is 7.11. The second kappa shape index (κ2) is 8.87. The summed E-state index contributed by atoms with van der Waals surface area (Å²) in [4.78, 5) is 0. The van der Waals surface area contributed by atoms with Crippen LogP contribution in [0.5, 0.6) is 0 Å². The molecule has 0 saturated heterocycles. The molecule has 116 valence electrons. The van der Waals surface area contributed by atoms with Gasteiger partial charge in [-0.1, -0.05) is 74.4 Å². The minimum atomic E-state index is 0.611. The fourth-order valence-corrected chi connectivity index (χ4v) is 2.39. The fourth-order valence-electron chi connectivity index (χ4n) is 2.39. The van der Waals surface area contributed by atoms with E-state index < -0.39 is 0 Å². The van der Waals surface area contributed by atoms with Crippen molar-refractivity contribution in [3.63, 3.8) is 0 Å². The fraction of sp³-hybridized carbons (Fsp3) is 0.524. The summed E-state index contributed by atoms with van der Waals surface area (Å²) in [6.45, 7) is 15.3. The third kappa shape index (κ3) is 6.80. The Morgan fingerprint density at radius 3 is 2.29 bits per heavy atom. The minimum Gasteiger partial charge on any atom is -0.0996 e. The zero-order chi connectivity index (χ0) is 15.8. The van der Waals surface area contributed by atoms with Crippen LogP contribution < -0.4 is 0 Å².